The van der Waals surface area contributed by atoms with E-state index in [1.54, 1.807) is 25.3 Å². The maximum atomic E-state index is 12.1. The fourth-order valence-corrected chi connectivity index (χ4v) is 1.94. The molecule has 100 valence electrons. The molecule has 0 aromatic heterocycles. The molecule has 0 bridgehead atoms. The van der Waals surface area contributed by atoms with Crippen LogP contribution in [0.5, 0.6) is 5.75 Å². The molecule has 0 fully saturated rings. The van der Waals surface area contributed by atoms with Crippen LogP contribution in [0.4, 0.5) is 5.69 Å². The number of nitrogen functional groups attached to an aromatic ring is 1. The lowest BCUT2D eigenvalue weighted by Gasteiger charge is -2.26. The highest BCUT2D eigenvalue weighted by Crippen LogP contribution is 2.21. The highest BCUT2D eigenvalue weighted by molar-refractivity contribution is 5.99. The molecule has 0 aliphatic heterocycles. The first-order chi connectivity index (χ1) is 8.39. The smallest absolute Gasteiger partial charge is 0.253 e. The third-order valence-corrected chi connectivity index (χ3v) is 2.83. The number of methoxy groups -OCH3 is 1. The van der Waals surface area contributed by atoms with Gasteiger partial charge in [0.1, 0.15) is 5.75 Å². The van der Waals surface area contributed by atoms with E-state index in [4.69, 9.17) is 10.5 Å². The molecule has 18 heavy (non-hydrogen) atoms. The number of hydrogen-bond donors (Lipinski definition) is 2. The molecule has 0 saturated carbocycles. The molecule has 1 rings (SSSR count). The Bertz CT molecular complexity index is 428. The zero-order chi connectivity index (χ0) is 13.8. The molecule has 0 heterocycles. The maximum absolute atomic E-state index is 12.1. The quantitative estimate of drug-likeness (QED) is 0.789. The summed E-state index contributed by atoms with van der Waals surface area (Å²) >= 11 is 0. The number of anilines is 1. The third-order valence-electron chi connectivity index (χ3n) is 2.83. The van der Waals surface area contributed by atoms with Crippen LogP contribution in [0, 0.1) is 0 Å². The molecule has 0 saturated heterocycles. The predicted octanol–water partition coefficient (Wildman–Crippen LogP) is 2.59. The second kappa shape index (κ2) is 5.76. The molecular weight excluding hydrogens is 228 g/mol. The van der Waals surface area contributed by atoms with Crippen molar-refractivity contribution in [1.29, 1.82) is 0 Å². The topological polar surface area (TPSA) is 64.3 Å². The molecule has 0 aliphatic rings. The van der Waals surface area contributed by atoms with Crippen molar-refractivity contribution in [2.24, 2.45) is 0 Å². The second-order valence-corrected chi connectivity index (χ2v) is 5.04. The standard InChI is InChI=1S/C14H22N2O2/c1-5-8-14(2,3)16-13(17)11-7-6-10(18-4)9-12(11)15/h6-7,9H,5,8,15H2,1-4H3,(H,16,17). The first-order valence-electron chi connectivity index (χ1n) is 6.15. The Morgan fingerprint density at radius 2 is 2.11 bits per heavy atom. The highest BCUT2D eigenvalue weighted by atomic mass is 16.5. The average Bonchev–Trinajstić information content (AvgIpc) is 2.27. The van der Waals surface area contributed by atoms with E-state index in [1.165, 1.54) is 0 Å². The van der Waals surface area contributed by atoms with Gasteiger partial charge in [-0.15, -0.1) is 0 Å². The van der Waals surface area contributed by atoms with Gasteiger partial charge in [0, 0.05) is 17.3 Å². The summed E-state index contributed by atoms with van der Waals surface area (Å²) in [6.45, 7) is 6.11. The minimum Gasteiger partial charge on any atom is -0.497 e. The molecule has 0 spiro atoms. The van der Waals surface area contributed by atoms with Crippen molar-refractivity contribution in [3.63, 3.8) is 0 Å². The van der Waals surface area contributed by atoms with E-state index in [0.29, 0.717) is 17.0 Å². The molecular formula is C14H22N2O2. The van der Waals surface area contributed by atoms with Gasteiger partial charge in [-0.2, -0.15) is 0 Å². The summed E-state index contributed by atoms with van der Waals surface area (Å²) in [5.41, 5.74) is 6.54. The number of carbonyl (C=O) groups is 1. The van der Waals surface area contributed by atoms with Crippen LogP contribution >= 0.6 is 0 Å². The summed E-state index contributed by atoms with van der Waals surface area (Å²) in [6.07, 6.45) is 1.94. The van der Waals surface area contributed by atoms with E-state index in [-0.39, 0.29) is 11.4 Å². The van der Waals surface area contributed by atoms with Gasteiger partial charge in [0.25, 0.3) is 5.91 Å². The summed E-state index contributed by atoms with van der Waals surface area (Å²) in [4.78, 5) is 12.1. The Kier molecular flexibility index (Phi) is 4.59. The molecule has 0 radical (unpaired) electrons. The Labute approximate surface area is 109 Å². The van der Waals surface area contributed by atoms with E-state index >= 15 is 0 Å². The van der Waals surface area contributed by atoms with Gasteiger partial charge in [-0.1, -0.05) is 13.3 Å². The zero-order valence-electron chi connectivity index (χ0n) is 11.5. The van der Waals surface area contributed by atoms with Crippen molar-refractivity contribution in [2.45, 2.75) is 39.2 Å². The van der Waals surface area contributed by atoms with Gasteiger partial charge in [-0.05, 0) is 32.4 Å². The summed E-state index contributed by atoms with van der Waals surface area (Å²) in [5, 5.41) is 2.99. The van der Waals surface area contributed by atoms with Gasteiger partial charge in [-0.25, -0.2) is 0 Å². The number of rotatable bonds is 5. The minimum absolute atomic E-state index is 0.145. The van der Waals surface area contributed by atoms with Crippen LogP contribution in [0.2, 0.25) is 0 Å². The number of carbonyl (C=O) groups excluding carboxylic acids is 1. The van der Waals surface area contributed by atoms with Gasteiger partial charge in [0.05, 0.1) is 12.7 Å². The van der Waals surface area contributed by atoms with Crippen LogP contribution in [0.1, 0.15) is 44.0 Å². The van der Waals surface area contributed by atoms with Crippen molar-refractivity contribution in [3.05, 3.63) is 23.8 Å². The number of benzene rings is 1. The predicted molar refractivity (Wildman–Crippen MR) is 73.9 cm³/mol. The molecule has 3 N–H and O–H groups in total. The Morgan fingerprint density at radius 3 is 2.61 bits per heavy atom. The van der Waals surface area contributed by atoms with Crippen LogP contribution in [0.3, 0.4) is 0 Å². The molecule has 4 nitrogen and oxygen atoms in total. The number of amides is 1. The number of nitrogens with one attached hydrogen (secondary N) is 1. The van der Waals surface area contributed by atoms with Crippen LogP contribution in [0.15, 0.2) is 18.2 Å². The van der Waals surface area contributed by atoms with Crippen molar-refractivity contribution >= 4 is 11.6 Å². The molecule has 1 amide bonds. The largest absolute Gasteiger partial charge is 0.497 e. The lowest BCUT2D eigenvalue weighted by molar-refractivity contribution is 0.0910. The summed E-state index contributed by atoms with van der Waals surface area (Å²) in [7, 11) is 1.57. The van der Waals surface area contributed by atoms with Gasteiger partial charge in [0.2, 0.25) is 0 Å². The van der Waals surface area contributed by atoms with E-state index in [9.17, 15) is 4.79 Å². The van der Waals surface area contributed by atoms with Crippen LogP contribution < -0.4 is 15.8 Å². The SMILES string of the molecule is CCCC(C)(C)NC(=O)c1ccc(OC)cc1N. The Balaban J connectivity index is 2.85. The molecule has 1 aromatic carbocycles. The van der Waals surface area contributed by atoms with E-state index in [1.807, 2.05) is 13.8 Å². The zero-order valence-corrected chi connectivity index (χ0v) is 11.5. The fourth-order valence-electron chi connectivity index (χ4n) is 1.94. The lowest BCUT2D eigenvalue weighted by Crippen LogP contribution is -2.43. The average molecular weight is 250 g/mol. The molecule has 1 aromatic rings. The lowest BCUT2D eigenvalue weighted by atomic mass is 9.98. The number of ether oxygens (including phenoxy) is 1. The molecule has 0 atom stereocenters. The summed E-state index contributed by atoms with van der Waals surface area (Å²) < 4.78 is 5.06. The molecule has 0 unspecified atom stereocenters. The van der Waals surface area contributed by atoms with Crippen LogP contribution in [-0.2, 0) is 0 Å². The fraction of sp³-hybridized carbons (Fsp3) is 0.500. The van der Waals surface area contributed by atoms with Gasteiger partial charge in [0.15, 0.2) is 0 Å². The van der Waals surface area contributed by atoms with E-state index in [0.717, 1.165) is 12.8 Å². The van der Waals surface area contributed by atoms with Crippen molar-refractivity contribution in [1.82, 2.24) is 5.32 Å². The van der Waals surface area contributed by atoms with Crippen molar-refractivity contribution in [2.75, 3.05) is 12.8 Å². The van der Waals surface area contributed by atoms with E-state index < -0.39 is 0 Å². The minimum atomic E-state index is -0.224. The first kappa shape index (κ1) is 14.4. The van der Waals surface area contributed by atoms with Gasteiger partial charge >= 0.3 is 0 Å². The van der Waals surface area contributed by atoms with Crippen LogP contribution in [-0.4, -0.2) is 18.6 Å². The third kappa shape index (κ3) is 3.65. The molecule has 0 aliphatic carbocycles. The van der Waals surface area contributed by atoms with E-state index in [2.05, 4.69) is 12.2 Å². The summed E-state index contributed by atoms with van der Waals surface area (Å²) in [6, 6.07) is 5.07. The van der Waals surface area contributed by atoms with Crippen molar-refractivity contribution < 1.29 is 9.53 Å². The normalized spacial score (nSPS) is 11.1. The Hall–Kier alpha value is -1.71. The van der Waals surface area contributed by atoms with Gasteiger partial charge < -0.3 is 15.8 Å². The second-order valence-electron chi connectivity index (χ2n) is 5.04. The van der Waals surface area contributed by atoms with Gasteiger partial charge in [-0.3, -0.25) is 4.79 Å². The number of hydrogen-bond acceptors (Lipinski definition) is 3. The van der Waals surface area contributed by atoms with Crippen molar-refractivity contribution in [3.8, 4) is 5.75 Å². The number of nitrogens with two attached hydrogens (primary N) is 1. The maximum Gasteiger partial charge on any atom is 0.253 e. The van der Waals surface area contributed by atoms with Crippen LogP contribution in [0.25, 0.3) is 0 Å². The first-order valence-corrected chi connectivity index (χ1v) is 6.15. The summed E-state index contributed by atoms with van der Waals surface area (Å²) in [5.74, 6) is 0.505. The highest BCUT2D eigenvalue weighted by Gasteiger charge is 2.21. The monoisotopic (exact) mass is 250 g/mol. The molecule has 4 heteroatoms. The Morgan fingerprint density at radius 1 is 1.44 bits per heavy atom.